The summed E-state index contributed by atoms with van der Waals surface area (Å²) in [7, 11) is 0. The molecule has 0 amide bonds. The number of nitrogens with two attached hydrogens (primary N) is 1. The minimum Gasteiger partial charge on any atom is -0.506 e. The first kappa shape index (κ1) is 10.5. The van der Waals surface area contributed by atoms with Gasteiger partial charge in [0.05, 0.1) is 0 Å². The molecule has 0 aliphatic carbocycles. The number of benzene rings is 1. The highest BCUT2D eigenvalue weighted by Gasteiger charge is 2.17. The van der Waals surface area contributed by atoms with Crippen molar-refractivity contribution in [2.75, 3.05) is 5.73 Å². The van der Waals surface area contributed by atoms with Gasteiger partial charge in [-0.05, 0) is 12.1 Å². The van der Waals surface area contributed by atoms with E-state index in [0.29, 0.717) is 0 Å². The fourth-order valence-electron chi connectivity index (χ4n) is 0.925. The molecular weight excluding hydrogens is 210 g/mol. The third kappa shape index (κ3) is 1.83. The molecular formula is C7H7NO5S. The Morgan fingerprint density at radius 3 is 2.43 bits per heavy atom. The van der Waals surface area contributed by atoms with Crippen LogP contribution in [0.3, 0.4) is 0 Å². The normalized spacial score (nSPS) is 12.4. The Kier molecular flexibility index (Phi) is 2.73. The van der Waals surface area contributed by atoms with E-state index in [1.807, 2.05) is 0 Å². The van der Waals surface area contributed by atoms with Gasteiger partial charge in [0.25, 0.3) is 0 Å². The van der Waals surface area contributed by atoms with Crippen LogP contribution in [0.1, 0.15) is 10.4 Å². The second kappa shape index (κ2) is 3.64. The molecule has 1 atom stereocenters. The highest BCUT2D eigenvalue weighted by Crippen LogP contribution is 2.27. The van der Waals surface area contributed by atoms with E-state index in [2.05, 4.69) is 0 Å². The molecule has 5 N–H and O–H groups in total. The number of carbonyl (C=O) groups is 1. The molecule has 0 bridgehead atoms. The summed E-state index contributed by atoms with van der Waals surface area (Å²) in [4.78, 5) is 10.1. The largest absolute Gasteiger partial charge is 0.506 e. The van der Waals surface area contributed by atoms with E-state index in [9.17, 15) is 14.1 Å². The number of hydrogen-bond acceptors (Lipinski definition) is 4. The van der Waals surface area contributed by atoms with Gasteiger partial charge < -0.3 is 20.5 Å². The van der Waals surface area contributed by atoms with Gasteiger partial charge in [-0.2, -0.15) is 0 Å². The Morgan fingerprint density at radius 2 is 2.00 bits per heavy atom. The number of phenols is 1. The van der Waals surface area contributed by atoms with E-state index in [4.69, 9.17) is 15.4 Å². The first-order valence-corrected chi connectivity index (χ1v) is 4.50. The maximum atomic E-state index is 10.7. The molecule has 14 heavy (non-hydrogen) atoms. The van der Waals surface area contributed by atoms with Crippen molar-refractivity contribution in [3.8, 4) is 5.75 Å². The molecule has 0 aliphatic heterocycles. The van der Waals surface area contributed by atoms with E-state index in [1.165, 1.54) is 0 Å². The molecule has 0 fully saturated rings. The zero-order valence-electron chi connectivity index (χ0n) is 6.80. The lowest BCUT2D eigenvalue weighted by Crippen LogP contribution is -2.02. The van der Waals surface area contributed by atoms with Gasteiger partial charge in [0.15, 0.2) is 11.1 Å². The summed E-state index contributed by atoms with van der Waals surface area (Å²) >= 11 is -2.47. The van der Waals surface area contributed by atoms with Crippen molar-refractivity contribution >= 4 is 22.7 Å². The summed E-state index contributed by atoms with van der Waals surface area (Å²) in [5, 5.41) is 17.9. The molecule has 1 aromatic rings. The molecule has 1 aromatic carbocycles. The number of anilines is 1. The number of carboxylic acid groups (broad SMARTS) is 1. The third-order valence-electron chi connectivity index (χ3n) is 1.52. The molecule has 0 heterocycles. The molecule has 0 aliphatic rings. The number of aromatic carboxylic acids is 1. The monoisotopic (exact) mass is 217 g/mol. The van der Waals surface area contributed by atoms with Gasteiger partial charge in [0, 0.05) is 5.69 Å². The van der Waals surface area contributed by atoms with Crippen LogP contribution < -0.4 is 5.73 Å². The van der Waals surface area contributed by atoms with Crippen molar-refractivity contribution in [2.24, 2.45) is 0 Å². The summed E-state index contributed by atoms with van der Waals surface area (Å²) < 4.78 is 19.4. The average Bonchev–Trinajstić information content (AvgIpc) is 2.07. The van der Waals surface area contributed by atoms with E-state index >= 15 is 0 Å². The predicted molar refractivity (Wildman–Crippen MR) is 48.5 cm³/mol. The van der Waals surface area contributed by atoms with E-state index < -0.39 is 33.3 Å². The van der Waals surface area contributed by atoms with Crippen LogP contribution >= 0.6 is 0 Å². The summed E-state index contributed by atoms with van der Waals surface area (Å²) in [6.07, 6.45) is 0. The second-order valence-corrected chi connectivity index (χ2v) is 3.41. The molecule has 0 saturated carbocycles. The van der Waals surface area contributed by atoms with Crippen LogP contribution in [0.4, 0.5) is 5.69 Å². The van der Waals surface area contributed by atoms with Crippen LogP contribution in [0.5, 0.6) is 5.75 Å². The molecule has 1 rings (SSSR count). The number of rotatable bonds is 2. The first-order valence-electron chi connectivity index (χ1n) is 3.40. The maximum Gasteiger partial charge on any atom is 0.339 e. The maximum absolute atomic E-state index is 10.7. The Hall–Kier alpha value is -1.60. The quantitative estimate of drug-likeness (QED) is 0.320. The van der Waals surface area contributed by atoms with Gasteiger partial charge in [-0.1, -0.05) is 0 Å². The first-order chi connectivity index (χ1) is 6.43. The van der Waals surface area contributed by atoms with Gasteiger partial charge in [-0.3, -0.25) is 0 Å². The lowest BCUT2D eigenvalue weighted by atomic mass is 10.2. The molecule has 1 unspecified atom stereocenters. The lowest BCUT2D eigenvalue weighted by molar-refractivity contribution is 0.0693. The van der Waals surface area contributed by atoms with Crippen molar-refractivity contribution in [2.45, 2.75) is 4.90 Å². The van der Waals surface area contributed by atoms with Crippen molar-refractivity contribution in [3.05, 3.63) is 17.7 Å². The number of nitrogen functional groups attached to an aromatic ring is 1. The standard InChI is InChI=1S/C7H7NO5S/c8-3-1-4(7(10)11)6(9)5(2-3)14(12)13/h1-2,9H,8H2,(H,10,11)(H,12,13). The predicted octanol–water partition coefficient (Wildman–Crippen LogP) is 0.253. The molecule has 0 spiro atoms. The van der Waals surface area contributed by atoms with Crippen molar-refractivity contribution in [3.63, 3.8) is 0 Å². The van der Waals surface area contributed by atoms with Gasteiger partial charge >= 0.3 is 5.97 Å². The number of aromatic hydroxyl groups is 1. The highest BCUT2D eigenvalue weighted by atomic mass is 32.2. The van der Waals surface area contributed by atoms with E-state index in [-0.39, 0.29) is 5.69 Å². The fourth-order valence-corrected chi connectivity index (χ4v) is 1.44. The van der Waals surface area contributed by atoms with Gasteiger partial charge in [0.2, 0.25) is 0 Å². The molecule has 0 saturated heterocycles. The molecule has 0 aromatic heterocycles. The molecule has 76 valence electrons. The molecule has 7 heteroatoms. The molecule has 6 nitrogen and oxygen atoms in total. The Labute approximate surface area is 81.3 Å². The van der Waals surface area contributed by atoms with Gasteiger partial charge in [-0.15, -0.1) is 0 Å². The van der Waals surface area contributed by atoms with Gasteiger partial charge in [-0.25, -0.2) is 9.00 Å². The van der Waals surface area contributed by atoms with Gasteiger partial charge in [0.1, 0.15) is 16.2 Å². The van der Waals surface area contributed by atoms with Crippen molar-refractivity contribution < 1.29 is 23.8 Å². The number of hydrogen-bond donors (Lipinski definition) is 4. The van der Waals surface area contributed by atoms with Crippen LogP contribution in [0.25, 0.3) is 0 Å². The van der Waals surface area contributed by atoms with E-state index in [1.54, 1.807) is 0 Å². The topological polar surface area (TPSA) is 121 Å². The second-order valence-electron chi connectivity index (χ2n) is 2.47. The van der Waals surface area contributed by atoms with E-state index in [0.717, 1.165) is 12.1 Å². The third-order valence-corrected chi connectivity index (χ3v) is 2.20. The minimum atomic E-state index is -2.47. The Morgan fingerprint density at radius 1 is 1.43 bits per heavy atom. The number of carboxylic acids is 1. The van der Waals surface area contributed by atoms with Crippen LogP contribution in [-0.2, 0) is 11.1 Å². The van der Waals surface area contributed by atoms with Crippen LogP contribution in [-0.4, -0.2) is 24.9 Å². The summed E-state index contributed by atoms with van der Waals surface area (Å²) in [5.74, 6) is -2.16. The lowest BCUT2D eigenvalue weighted by Gasteiger charge is -2.05. The van der Waals surface area contributed by atoms with Crippen molar-refractivity contribution in [1.82, 2.24) is 0 Å². The Bertz CT molecular complexity index is 382. The van der Waals surface area contributed by atoms with Crippen LogP contribution in [0.2, 0.25) is 0 Å². The van der Waals surface area contributed by atoms with Crippen molar-refractivity contribution in [1.29, 1.82) is 0 Å². The van der Waals surface area contributed by atoms with Crippen LogP contribution in [0, 0.1) is 0 Å². The smallest absolute Gasteiger partial charge is 0.339 e. The Balaban J connectivity index is 3.47. The highest BCUT2D eigenvalue weighted by molar-refractivity contribution is 7.79. The summed E-state index contributed by atoms with van der Waals surface area (Å²) in [5.41, 5.74) is 4.78. The fraction of sp³-hybridized carbons (Fsp3) is 0. The minimum absolute atomic E-state index is 0.00222. The average molecular weight is 217 g/mol. The molecule has 0 radical (unpaired) electrons. The zero-order chi connectivity index (χ0) is 10.9. The zero-order valence-corrected chi connectivity index (χ0v) is 7.61. The summed E-state index contributed by atoms with van der Waals surface area (Å²) in [6, 6.07) is 2.05. The summed E-state index contributed by atoms with van der Waals surface area (Å²) in [6.45, 7) is 0. The SMILES string of the molecule is Nc1cc(C(=O)O)c(O)c(S(=O)O)c1. The van der Waals surface area contributed by atoms with Crippen LogP contribution in [0.15, 0.2) is 17.0 Å².